The van der Waals surface area contributed by atoms with Crippen LogP contribution in [0.1, 0.15) is 57.6 Å². The van der Waals surface area contributed by atoms with Gasteiger partial charge in [0.25, 0.3) is 5.92 Å². The number of hydrogen-bond acceptors (Lipinski definition) is 8. The van der Waals surface area contributed by atoms with E-state index in [0.717, 1.165) is 35.9 Å². The first-order chi connectivity index (χ1) is 19.0. The number of hydrazine groups is 1. The molecule has 3 unspecified atom stereocenters. The highest BCUT2D eigenvalue weighted by Gasteiger charge is 2.45. The Morgan fingerprint density at radius 3 is 2.38 bits per heavy atom. The van der Waals surface area contributed by atoms with Crippen LogP contribution in [0.2, 0.25) is 0 Å². The molecule has 2 bridgehead atoms. The molecule has 6 rings (SSSR count). The molecule has 4 aliphatic rings. The molecule has 0 radical (unpaired) electrons. The molecule has 6 heterocycles. The predicted octanol–water partition coefficient (Wildman–Crippen LogP) is 4.45. The van der Waals surface area contributed by atoms with Gasteiger partial charge in [0, 0.05) is 68.1 Å². The highest BCUT2D eigenvalue weighted by molar-refractivity contribution is 5.91. The third kappa shape index (κ3) is 6.42. The standard InChI is InChI=1S/C27H37F5N8/c1-16-10-24(38-37-16)35-23-13-22-21(5-2-17(33-22)14-39-8-6-26(28,29)7-9-39)25(36-23)34-18-11-19-3-4-20(12-18)40(19)15-27(30,31)32/h2,5,13,16,18-20,24,37-38H,3-4,6-12,14-15H2,1H3,(H2,34,35,36)/t16?,18?,19-,20+,24?. The summed E-state index contributed by atoms with van der Waals surface area (Å²) in [6.07, 6.45) is -0.828. The van der Waals surface area contributed by atoms with Crippen molar-refractivity contribution in [1.82, 2.24) is 30.6 Å². The second kappa shape index (κ2) is 10.8. The lowest BCUT2D eigenvalue weighted by atomic mass is 9.97. The van der Waals surface area contributed by atoms with Crippen molar-refractivity contribution in [3.05, 3.63) is 23.9 Å². The molecule has 0 amide bonds. The van der Waals surface area contributed by atoms with Crippen molar-refractivity contribution in [3.63, 3.8) is 0 Å². The van der Waals surface area contributed by atoms with Gasteiger partial charge in [0.1, 0.15) is 11.6 Å². The normalized spacial score (nSPS) is 31.1. The van der Waals surface area contributed by atoms with Crippen LogP contribution in [-0.2, 0) is 6.54 Å². The van der Waals surface area contributed by atoms with Gasteiger partial charge in [-0.15, -0.1) is 0 Å². The number of aromatic nitrogens is 2. The maximum absolute atomic E-state index is 13.6. The molecule has 2 aromatic rings. The van der Waals surface area contributed by atoms with Gasteiger partial charge >= 0.3 is 6.18 Å². The van der Waals surface area contributed by atoms with E-state index < -0.39 is 18.6 Å². The molecule has 5 atom stereocenters. The topological polar surface area (TPSA) is 80.4 Å². The van der Waals surface area contributed by atoms with Gasteiger partial charge in [0.2, 0.25) is 0 Å². The number of hydrogen-bond donors (Lipinski definition) is 4. The zero-order chi connectivity index (χ0) is 28.1. The predicted molar refractivity (Wildman–Crippen MR) is 143 cm³/mol. The molecule has 8 nitrogen and oxygen atoms in total. The van der Waals surface area contributed by atoms with Crippen LogP contribution >= 0.6 is 0 Å². The Bertz CT molecular complexity index is 1190. The van der Waals surface area contributed by atoms with E-state index >= 15 is 0 Å². The first-order valence-corrected chi connectivity index (χ1v) is 14.3. The number of nitrogens with one attached hydrogen (secondary N) is 4. The maximum atomic E-state index is 13.6. The van der Waals surface area contributed by atoms with Crippen LogP contribution in [0, 0.1) is 0 Å². The van der Waals surface area contributed by atoms with Crippen molar-refractivity contribution in [2.45, 2.75) is 101 Å². The number of rotatable bonds is 7. The number of alkyl halides is 5. The minimum atomic E-state index is -4.20. The van der Waals surface area contributed by atoms with Gasteiger partial charge in [-0.2, -0.15) is 13.2 Å². The molecular formula is C27H37F5N8. The quantitative estimate of drug-likeness (QED) is 0.365. The average Bonchev–Trinajstić information content (AvgIpc) is 3.36. The largest absolute Gasteiger partial charge is 0.401 e. The minimum absolute atomic E-state index is 0.00826. The molecule has 4 fully saturated rings. The van der Waals surface area contributed by atoms with Crippen LogP contribution in [0.15, 0.2) is 18.2 Å². The van der Waals surface area contributed by atoms with E-state index in [-0.39, 0.29) is 37.1 Å². The van der Waals surface area contributed by atoms with E-state index in [2.05, 4.69) is 28.4 Å². The molecule has 13 heteroatoms. The number of likely N-dealkylation sites (tertiary alicyclic amines) is 1. The number of halogens is 5. The van der Waals surface area contributed by atoms with Crippen molar-refractivity contribution in [1.29, 1.82) is 0 Å². The molecule has 0 aliphatic carbocycles. The van der Waals surface area contributed by atoms with Crippen LogP contribution in [0.4, 0.5) is 33.6 Å². The van der Waals surface area contributed by atoms with E-state index in [9.17, 15) is 22.0 Å². The lowest BCUT2D eigenvalue weighted by molar-refractivity contribution is -0.155. The Balaban J connectivity index is 1.22. The zero-order valence-electron chi connectivity index (χ0n) is 22.6. The average molecular weight is 569 g/mol. The van der Waals surface area contributed by atoms with Gasteiger partial charge in [0.15, 0.2) is 0 Å². The van der Waals surface area contributed by atoms with E-state index in [1.54, 1.807) is 4.90 Å². The van der Waals surface area contributed by atoms with Crippen LogP contribution in [0.25, 0.3) is 10.9 Å². The SMILES string of the molecule is CC1CC(Nc2cc3nc(CN4CCC(F)(F)CC4)ccc3c(NC3C[C@H]4CC[C@@H](C3)N4CC(F)(F)F)n2)NN1. The smallest absolute Gasteiger partial charge is 0.367 e. The fourth-order valence-electron chi connectivity index (χ4n) is 6.75. The monoisotopic (exact) mass is 568 g/mol. The number of pyridine rings is 2. The van der Waals surface area contributed by atoms with E-state index in [1.165, 1.54) is 0 Å². The Morgan fingerprint density at radius 2 is 1.73 bits per heavy atom. The van der Waals surface area contributed by atoms with Crippen molar-refractivity contribution >= 4 is 22.5 Å². The Hall–Kier alpha value is -2.35. The fraction of sp³-hybridized carbons (Fsp3) is 0.704. The summed E-state index contributed by atoms with van der Waals surface area (Å²) >= 11 is 0. The first-order valence-electron chi connectivity index (χ1n) is 14.3. The van der Waals surface area contributed by atoms with E-state index in [0.29, 0.717) is 50.2 Å². The number of fused-ring (bicyclic) bond motifs is 3. The number of nitrogens with zero attached hydrogens (tertiary/aromatic N) is 4. The van der Waals surface area contributed by atoms with Crippen molar-refractivity contribution < 1.29 is 22.0 Å². The van der Waals surface area contributed by atoms with E-state index in [1.807, 2.05) is 23.1 Å². The molecule has 4 aliphatic heterocycles. The molecular weight excluding hydrogens is 531 g/mol. The highest BCUT2D eigenvalue weighted by atomic mass is 19.4. The summed E-state index contributed by atoms with van der Waals surface area (Å²) in [7, 11) is 0. The summed E-state index contributed by atoms with van der Waals surface area (Å²) in [5.74, 6) is -1.30. The number of piperidine rings is 2. The second-order valence-corrected chi connectivity index (χ2v) is 12.0. The van der Waals surface area contributed by atoms with Gasteiger partial charge in [-0.05, 0) is 51.2 Å². The molecule has 40 heavy (non-hydrogen) atoms. The summed E-state index contributed by atoms with van der Waals surface area (Å²) in [4.78, 5) is 13.4. The summed E-state index contributed by atoms with van der Waals surface area (Å²) in [6, 6.07) is 5.89. The van der Waals surface area contributed by atoms with E-state index in [4.69, 9.17) is 9.97 Å². The van der Waals surface area contributed by atoms with Gasteiger partial charge < -0.3 is 10.6 Å². The van der Waals surface area contributed by atoms with Crippen LogP contribution in [0.5, 0.6) is 0 Å². The molecule has 0 aromatic carbocycles. The van der Waals surface area contributed by atoms with Crippen LogP contribution in [0.3, 0.4) is 0 Å². The Labute approximate surface area is 230 Å². The lowest BCUT2D eigenvalue weighted by Gasteiger charge is -2.39. The minimum Gasteiger partial charge on any atom is -0.367 e. The Kier molecular flexibility index (Phi) is 7.51. The lowest BCUT2D eigenvalue weighted by Crippen LogP contribution is -2.50. The van der Waals surface area contributed by atoms with Gasteiger partial charge in [-0.25, -0.2) is 19.2 Å². The molecule has 220 valence electrons. The third-order valence-corrected chi connectivity index (χ3v) is 8.72. The van der Waals surface area contributed by atoms with Crippen molar-refractivity contribution in [2.75, 3.05) is 30.3 Å². The maximum Gasteiger partial charge on any atom is 0.401 e. The Morgan fingerprint density at radius 1 is 1.00 bits per heavy atom. The summed E-state index contributed by atoms with van der Waals surface area (Å²) in [5.41, 5.74) is 7.93. The van der Waals surface area contributed by atoms with Gasteiger partial charge in [-0.3, -0.25) is 20.2 Å². The van der Waals surface area contributed by atoms with Crippen molar-refractivity contribution in [2.24, 2.45) is 0 Å². The second-order valence-electron chi connectivity index (χ2n) is 12.0. The third-order valence-electron chi connectivity index (χ3n) is 8.72. The highest BCUT2D eigenvalue weighted by Crippen LogP contribution is 2.39. The van der Waals surface area contributed by atoms with Gasteiger partial charge in [0.05, 0.1) is 23.9 Å². The number of anilines is 2. The molecule has 4 saturated heterocycles. The molecule has 0 spiro atoms. The van der Waals surface area contributed by atoms with Gasteiger partial charge in [-0.1, -0.05) is 0 Å². The molecule has 2 aromatic heterocycles. The van der Waals surface area contributed by atoms with Crippen molar-refractivity contribution in [3.8, 4) is 0 Å². The fourth-order valence-corrected chi connectivity index (χ4v) is 6.75. The summed E-state index contributed by atoms with van der Waals surface area (Å²) < 4.78 is 66.7. The first kappa shape index (κ1) is 27.8. The van der Waals surface area contributed by atoms with Crippen LogP contribution in [-0.4, -0.2) is 81.8 Å². The summed E-state index contributed by atoms with van der Waals surface area (Å²) in [6.45, 7) is 2.39. The molecule has 4 N–H and O–H groups in total. The summed E-state index contributed by atoms with van der Waals surface area (Å²) in [5, 5.41) is 7.81. The van der Waals surface area contributed by atoms with Crippen LogP contribution < -0.4 is 21.5 Å². The zero-order valence-corrected chi connectivity index (χ0v) is 22.6. The molecule has 0 saturated carbocycles.